The van der Waals surface area contributed by atoms with Gasteiger partial charge in [0.15, 0.2) is 5.78 Å². The number of rotatable bonds is 4. The number of ether oxygens (including phenoxy) is 2. The van der Waals surface area contributed by atoms with E-state index in [1.807, 2.05) is 0 Å². The van der Waals surface area contributed by atoms with Gasteiger partial charge in [-0.3, -0.25) is 4.79 Å². The second-order valence-electron chi connectivity index (χ2n) is 4.47. The highest BCUT2D eigenvalue weighted by molar-refractivity contribution is 6.10. The number of hydrogen-bond donors (Lipinski definition) is 0. The number of methoxy groups -OCH3 is 2. The van der Waals surface area contributed by atoms with Crippen LogP contribution in [0.2, 0.25) is 0 Å². The van der Waals surface area contributed by atoms with E-state index in [-0.39, 0.29) is 16.9 Å². The Balaban J connectivity index is 2.44. The number of alkyl halides is 3. The third kappa shape index (κ3) is 3.21. The monoisotopic (exact) mass is 310 g/mol. The molecule has 0 atom stereocenters. The van der Waals surface area contributed by atoms with E-state index in [1.165, 1.54) is 38.5 Å². The molecule has 0 spiro atoms. The van der Waals surface area contributed by atoms with Gasteiger partial charge >= 0.3 is 6.18 Å². The molecule has 2 rings (SSSR count). The minimum absolute atomic E-state index is 0.0571. The number of carbonyl (C=O) groups is 1. The van der Waals surface area contributed by atoms with Crippen LogP contribution in [-0.2, 0) is 6.18 Å². The average Bonchev–Trinajstić information content (AvgIpc) is 2.52. The molecule has 0 unspecified atom stereocenters. The van der Waals surface area contributed by atoms with Gasteiger partial charge in [-0.1, -0.05) is 12.1 Å². The van der Waals surface area contributed by atoms with Crippen molar-refractivity contribution >= 4 is 5.78 Å². The Bertz CT molecular complexity index is 693. The van der Waals surface area contributed by atoms with Gasteiger partial charge in [0.05, 0.1) is 25.3 Å². The fraction of sp³-hybridized carbons (Fsp3) is 0.188. The lowest BCUT2D eigenvalue weighted by Gasteiger charge is -2.11. The Morgan fingerprint density at radius 2 is 1.73 bits per heavy atom. The van der Waals surface area contributed by atoms with Crippen LogP contribution in [0.5, 0.6) is 11.5 Å². The molecule has 0 saturated carbocycles. The molecule has 0 heterocycles. The van der Waals surface area contributed by atoms with Crippen LogP contribution in [0.4, 0.5) is 13.2 Å². The third-order valence-electron chi connectivity index (χ3n) is 3.11. The van der Waals surface area contributed by atoms with Crippen molar-refractivity contribution in [2.75, 3.05) is 14.2 Å². The van der Waals surface area contributed by atoms with E-state index in [0.717, 1.165) is 12.1 Å². The first-order chi connectivity index (χ1) is 10.4. The zero-order valence-electron chi connectivity index (χ0n) is 11.9. The summed E-state index contributed by atoms with van der Waals surface area (Å²) in [5.74, 6) is 0.171. The molecule has 3 nitrogen and oxygen atoms in total. The molecule has 0 aromatic heterocycles. The molecule has 0 N–H and O–H groups in total. The Hall–Kier alpha value is -2.50. The van der Waals surface area contributed by atoms with E-state index < -0.39 is 17.5 Å². The molecule has 6 heteroatoms. The van der Waals surface area contributed by atoms with Crippen LogP contribution >= 0.6 is 0 Å². The van der Waals surface area contributed by atoms with Crippen molar-refractivity contribution in [3.05, 3.63) is 59.2 Å². The van der Waals surface area contributed by atoms with Gasteiger partial charge in [-0.2, -0.15) is 13.2 Å². The van der Waals surface area contributed by atoms with Gasteiger partial charge in [-0.25, -0.2) is 0 Å². The van der Waals surface area contributed by atoms with Crippen LogP contribution in [-0.4, -0.2) is 20.0 Å². The molecule has 2 aromatic rings. The molecule has 0 aliphatic carbocycles. The van der Waals surface area contributed by atoms with E-state index in [1.54, 1.807) is 6.07 Å². The highest BCUT2D eigenvalue weighted by Gasteiger charge is 2.31. The predicted molar refractivity (Wildman–Crippen MR) is 74.4 cm³/mol. The largest absolute Gasteiger partial charge is 0.497 e. The molecule has 2 aromatic carbocycles. The van der Waals surface area contributed by atoms with Gasteiger partial charge in [-0.05, 0) is 24.3 Å². The van der Waals surface area contributed by atoms with Crippen LogP contribution in [0.15, 0.2) is 42.5 Å². The van der Waals surface area contributed by atoms with Gasteiger partial charge in [0.2, 0.25) is 0 Å². The maximum absolute atomic E-state index is 12.7. The summed E-state index contributed by atoms with van der Waals surface area (Å²) in [5, 5.41) is 0. The Labute approximate surface area is 125 Å². The van der Waals surface area contributed by atoms with Crippen molar-refractivity contribution in [2.45, 2.75) is 6.18 Å². The standard InChI is InChI=1S/C16H13F3O3/c1-21-12-6-7-13(14(9-12)22-2)15(20)10-4-3-5-11(8-10)16(17,18)19/h3-9H,1-2H3. The number of ketones is 1. The van der Waals surface area contributed by atoms with Gasteiger partial charge in [0, 0.05) is 11.6 Å². The van der Waals surface area contributed by atoms with Crippen molar-refractivity contribution in [1.29, 1.82) is 0 Å². The minimum Gasteiger partial charge on any atom is -0.497 e. The van der Waals surface area contributed by atoms with Crippen LogP contribution in [0.1, 0.15) is 21.5 Å². The third-order valence-corrected chi connectivity index (χ3v) is 3.11. The van der Waals surface area contributed by atoms with E-state index in [4.69, 9.17) is 9.47 Å². The molecule has 22 heavy (non-hydrogen) atoms. The van der Waals surface area contributed by atoms with Crippen molar-refractivity contribution < 1.29 is 27.4 Å². The smallest absolute Gasteiger partial charge is 0.416 e. The average molecular weight is 310 g/mol. The Morgan fingerprint density at radius 3 is 2.32 bits per heavy atom. The lowest BCUT2D eigenvalue weighted by atomic mass is 10.00. The van der Waals surface area contributed by atoms with Crippen molar-refractivity contribution in [1.82, 2.24) is 0 Å². The zero-order chi connectivity index (χ0) is 16.3. The second-order valence-corrected chi connectivity index (χ2v) is 4.47. The molecular weight excluding hydrogens is 297 g/mol. The number of halogens is 3. The number of carbonyl (C=O) groups excluding carboxylic acids is 1. The van der Waals surface area contributed by atoms with Crippen molar-refractivity contribution in [3.63, 3.8) is 0 Å². The quantitative estimate of drug-likeness (QED) is 0.802. The zero-order valence-corrected chi connectivity index (χ0v) is 11.9. The first-order valence-electron chi connectivity index (χ1n) is 6.31. The Morgan fingerprint density at radius 1 is 1.00 bits per heavy atom. The van der Waals surface area contributed by atoms with Crippen LogP contribution in [0, 0.1) is 0 Å². The highest BCUT2D eigenvalue weighted by atomic mass is 19.4. The maximum atomic E-state index is 12.7. The molecule has 0 radical (unpaired) electrons. The van der Waals surface area contributed by atoms with Gasteiger partial charge in [0.25, 0.3) is 0 Å². The molecule has 0 fully saturated rings. The molecule has 0 aliphatic heterocycles. The molecular formula is C16H13F3O3. The summed E-state index contributed by atoms with van der Waals surface area (Å²) >= 11 is 0. The van der Waals surface area contributed by atoms with Crippen molar-refractivity contribution in [2.24, 2.45) is 0 Å². The summed E-state index contributed by atoms with van der Waals surface area (Å²) in [7, 11) is 2.83. The van der Waals surface area contributed by atoms with Crippen LogP contribution < -0.4 is 9.47 Å². The maximum Gasteiger partial charge on any atom is 0.416 e. The summed E-state index contributed by atoms with van der Waals surface area (Å²) < 4.78 is 48.3. The van der Waals surface area contributed by atoms with E-state index in [0.29, 0.717) is 5.75 Å². The minimum atomic E-state index is -4.50. The second kappa shape index (κ2) is 6.09. The van der Waals surface area contributed by atoms with Gasteiger partial charge < -0.3 is 9.47 Å². The van der Waals surface area contributed by atoms with E-state index in [2.05, 4.69) is 0 Å². The topological polar surface area (TPSA) is 35.5 Å². The lowest BCUT2D eigenvalue weighted by molar-refractivity contribution is -0.137. The predicted octanol–water partition coefficient (Wildman–Crippen LogP) is 3.95. The van der Waals surface area contributed by atoms with Gasteiger partial charge in [0.1, 0.15) is 11.5 Å². The van der Waals surface area contributed by atoms with Crippen LogP contribution in [0.3, 0.4) is 0 Å². The summed E-state index contributed by atoms with van der Waals surface area (Å²) in [6.07, 6.45) is -4.50. The fourth-order valence-corrected chi connectivity index (χ4v) is 1.98. The molecule has 116 valence electrons. The lowest BCUT2D eigenvalue weighted by Crippen LogP contribution is -2.09. The fourth-order valence-electron chi connectivity index (χ4n) is 1.98. The summed E-state index contributed by atoms with van der Waals surface area (Å²) in [5.41, 5.74) is -0.758. The summed E-state index contributed by atoms with van der Waals surface area (Å²) in [6.45, 7) is 0. The summed E-state index contributed by atoms with van der Waals surface area (Å²) in [6, 6.07) is 8.78. The molecule has 0 aliphatic rings. The first-order valence-corrected chi connectivity index (χ1v) is 6.31. The van der Waals surface area contributed by atoms with E-state index in [9.17, 15) is 18.0 Å². The van der Waals surface area contributed by atoms with Crippen LogP contribution in [0.25, 0.3) is 0 Å². The normalized spacial score (nSPS) is 11.1. The van der Waals surface area contributed by atoms with Gasteiger partial charge in [-0.15, -0.1) is 0 Å². The summed E-state index contributed by atoms with van der Waals surface area (Å²) in [4.78, 5) is 12.4. The molecule has 0 amide bonds. The first kappa shape index (κ1) is 15.9. The SMILES string of the molecule is COc1ccc(C(=O)c2cccc(C(F)(F)F)c2)c(OC)c1. The number of hydrogen-bond acceptors (Lipinski definition) is 3. The molecule has 0 saturated heterocycles. The van der Waals surface area contributed by atoms with Crippen molar-refractivity contribution in [3.8, 4) is 11.5 Å². The van der Waals surface area contributed by atoms with E-state index >= 15 is 0 Å². The molecule has 0 bridgehead atoms. The highest BCUT2D eigenvalue weighted by Crippen LogP contribution is 2.31. The number of benzene rings is 2. The Kier molecular flexibility index (Phi) is 4.40.